The Morgan fingerprint density at radius 2 is 1.86 bits per heavy atom. The van der Waals surface area contributed by atoms with E-state index in [2.05, 4.69) is 0 Å². The molecule has 1 rings (SSSR count). The second kappa shape index (κ2) is 4.13. The van der Waals surface area contributed by atoms with Gasteiger partial charge in [-0.2, -0.15) is 8.78 Å². The SMILES string of the molecule is CCCc1cc(F)c([N+](=O)[O-])c(F)c1. The maximum Gasteiger partial charge on any atom is 0.340 e. The molecule has 3 nitrogen and oxygen atoms in total. The molecule has 0 N–H and O–H groups in total. The van der Waals surface area contributed by atoms with Crippen LogP contribution in [0.1, 0.15) is 18.9 Å². The standard InChI is InChI=1S/C9H9F2NO2/c1-2-3-6-4-7(10)9(12(13)14)8(11)5-6/h4-5H,2-3H2,1H3. The number of nitro benzene ring substituents is 1. The first-order valence-corrected chi connectivity index (χ1v) is 4.18. The lowest BCUT2D eigenvalue weighted by atomic mass is 10.1. The Morgan fingerprint density at radius 1 is 1.36 bits per heavy atom. The van der Waals surface area contributed by atoms with Crippen LogP contribution in [0.4, 0.5) is 14.5 Å². The van der Waals surface area contributed by atoms with Crippen LogP contribution in [0.15, 0.2) is 12.1 Å². The van der Waals surface area contributed by atoms with Gasteiger partial charge in [-0.1, -0.05) is 13.3 Å². The first-order valence-electron chi connectivity index (χ1n) is 4.18. The van der Waals surface area contributed by atoms with Gasteiger partial charge in [-0.05, 0) is 24.1 Å². The van der Waals surface area contributed by atoms with Gasteiger partial charge >= 0.3 is 5.69 Å². The van der Waals surface area contributed by atoms with Gasteiger partial charge in [-0.15, -0.1) is 0 Å². The zero-order chi connectivity index (χ0) is 10.7. The molecule has 0 spiro atoms. The van der Waals surface area contributed by atoms with Crippen LogP contribution >= 0.6 is 0 Å². The summed E-state index contributed by atoms with van der Waals surface area (Å²) in [5, 5.41) is 10.2. The average Bonchev–Trinajstić information content (AvgIpc) is 2.01. The highest BCUT2D eigenvalue weighted by molar-refractivity contribution is 5.37. The molecule has 0 atom stereocenters. The van der Waals surface area contributed by atoms with Crippen molar-refractivity contribution in [1.29, 1.82) is 0 Å². The van der Waals surface area contributed by atoms with Gasteiger partial charge in [-0.25, -0.2) is 0 Å². The zero-order valence-corrected chi connectivity index (χ0v) is 7.59. The minimum atomic E-state index is -1.11. The summed E-state index contributed by atoms with van der Waals surface area (Å²) in [4.78, 5) is 9.18. The number of nitro groups is 1. The summed E-state index contributed by atoms with van der Waals surface area (Å²) in [7, 11) is 0. The van der Waals surface area contributed by atoms with E-state index >= 15 is 0 Å². The molecule has 14 heavy (non-hydrogen) atoms. The van der Waals surface area contributed by atoms with Crippen LogP contribution in [0, 0.1) is 21.7 Å². The minimum Gasteiger partial charge on any atom is -0.258 e. The molecule has 0 bridgehead atoms. The molecule has 0 radical (unpaired) electrons. The molecule has 0 aromatic heterocycles. The largest absolute Gasteiger partial charge is 0.340 e. The van der Waals surface area contributed by atoms with Crippen molar-refractivity contribution >= 4 is 5.69 Å². The van der Waals surface area contributed by atoms with Crippen LogP contribution in [-0.2, 0) is 6.42 Å². The van der Waals surface area contributed by atoms with Crippen molar-refractivity contribution in [3.05, 3.63) is 39.4 Å². The van der Waals surface area contributed by atoms with Crippen molar-refractivity contribution < 1.29 is 13.7 Å². The van der Waals surface area contributed by atoms with Crippen molar-refractivity contribution in [2.45, 2.75) is 19.8 Å². The maximum absolute atomic E-state index is 13.0. The molecular formula is C9H9F2NO2. The summed E-state index contributed by atoms with van der Waals surface area (Å²) in [5.74, 6) is -2.23. The third-order valence-corrected chi connectivity index (χ3v) is 1.80. The van der Waals surface area contributed by atoms with E-state index < -0.39 is 22.2 Å². The number of hydrogen-bond donors (Lipinski definition) is 0. The number of hydrogen-bond acceptors (Lipinski definition) is 2. The molecule has 0 aliphatic heterocycles. The third kappa shape index (κ3) is 2.04. The molecule has 0 saturated carbocycles. The van der Waals surface area contributed by atoms with E-state index in [0.717, 1.165) is 18.6 Å². The van der Waals surface area contributed by atoms with Gasteiger partial charge in [0.2, 0.25) is 11.6 Å². The average molecular weight is 201 g/mol. The number of nitrogens with zero attached hydrogens (tertiary/aromatic N) is 1. The predicted molar refractivity (Wildman–Crippen MR) is 47.0 cm³/mol. The highest BCUT2D eigenvalue weighted by Crippen LogP contribution is 2.23. The van der Waals surface area contributed by atoms with Gasteiger partial charge in [0.25, 0.3) is 0 Å². The Bertz CT molecular complexity index is 343. The first-order chi connectivity index (χ1) is 6.56. The van der Waals surface area contributed by atoms with Gasteiger partial charge < -0.3 is 0 Å². The molecule has 0 heterocycles. The summed E-state index contributed by atoms with van der Waals surface area (Å²) >= 11 is 0. The molecule has 1 aromatic carbocycles. The van der Waals surface area contributed by atoms with E-state index in [9.17, 15) is 18.9 Å². The van der Waals surface area contributed by atoms with Crippen molar-refractivity contribution in [2.24, 2.45) is 0 Å². The quantitative estimate of drug-likeness (QED) is 0.557. The Kier molecular flexibility index (Phi) is 3.11. The maximum atomic E-state index is 13.0. The van der Waals surface area contributed by atoms with Crippen LogP contribution in [0.25, 0.3) is 0 Å². The van der Waals surface area contributed by atoms with Gasteiger partial charge in [0.1, 0.15) is 0 Å². The van der Waals surface area contributed by atoms with Crippen LogP contribution in [0.5, 0.6) is 0 Å². The molecule has 76 valence electrons. The van der Waals surface area contributed by atoms with Crippen molar-refractivity contribution in [3.63, 3.8) is 0 Å². The smallest absolute Gasteiger partial charge is 0.258 e. The minimum absolute atomic E-state index is 0.438. The molecule has 0 saturated heterocycles. The van der Waals surface area contributed by atoms with Crippen LogP contribution in [0.3, 0.4) is 0 Å². The lowest BCUT2D eigenvalue weighted by molar-refractivity contribution is -0.390. The molecule has 0 aliphatic rings. The fourth-order valence-corrected chi connectivity index (χ4v) is 1.23. The summed E-state index contributed by atoms with van der Waals surface area (Å²) in [5.41, 5.74) is -0.641. The highest BCUT2D eigenvalue weighted by atomic mass is 19.1. The third-order valence-electron chi connectivity index (χ3n) is 1.80. The zero-order valence-electron chi connectivity index (χ0n) is 7.59. The monoisotopic (exact) mass is 201 g/mol. The number of aryl methyl sites for hydroxylation is 1. The lowest BCUT2D eigenvalue weighted by Gasteiger charge is -2.00. The van der Waals surface area contributed by atoms with Crippen molar-refractivity contribution in [1.82, 2.24) is 0 Å². The number of halogens is 2. The fourth-order valence-electron chi connectivity index (χ4n) is 1.23. The highest BCUT2D eigenvalue weighted by Gasteiger charge is 2.21. The van der Waals surface area contributed by atoms with Crippen molar-refractivity contribution in [2.75, 3.05) is 0 Å². The topological polar surface area (TPSA) is 43.1 Å². The second-order valence-electron chi connectivity index (χ2n) is 2.92. The number of benzene rings is 1. The van der Waals surface area contributed by atoms with Crippen LogP contribution in [0.2, 0.25) is 0 Å². The number of rotatable bonds is 3. The molecule has 5 heteroatoms. The van der Waals surface area contributed by atoms with Gasteiger partial charge in [-0.3, -0.25) is 10.1 Å². The summed E-state index contributed by atoms with van der Waals surface area (Å²) in [6.45, 7) is 1.86. The van der Waals surface area contributed by atoms with Gasteiger partial charge in [0.15, 0.2) is 0 Å². The van der Waals surface area contributed by atoms with E-state index in [1.54, 1.807) is 0 Å². The Morgan fingerprint density at radius 3 is 2.21 bits per heavy atom. The second-order valence-corrected chi connectivity index (χ2v) is 2.92. The summed E-state index contributed by atoms with van der Waals surface area (Å²) in [6.07, 6.45) is 1.24. The van der Waals surface area contributed by atoms with Crippen LogP contribution < -0.4 is 0 Å². The summed E-state index contributed by atoms with van der Waals surface area (Å²) in [6, 6.07) is 2.01. The van der Waals surface area contributed by atoms with E-state index in [1.165, 1.54) is 0 Å². The van der Waals surface area contributed by atoms with E-state index in [0.29, 0.717) is 12.0 Å². The van der Waals surface area contributed by atoms with Crippen molar-refractivity contribution in [3.8, 4) is 0 Å². The normalized spacial score (nSPS) is 10.2. The van der Waals surface area contributed by atoms with E-state index in [4.69, 9.17) is 0 Å². The molecule has 1 aromatic rings. The molecule has 0 aliphatic carbocycles. The molecule has 0 unspecified atom stereocenters. The predicted octanol–water partition coefficient (Wildman–Crippen LogP) is 2.83. The lowest BCUT2D eigenvalue weighted by Crippen LogP contribution is -1.98. The van der Waals surface area contributed by atoms with Crippen LogP contribution in [-0.4, -0.2) is 4.92 Å². The fraction of sp³-hybridized carbons (Fsp3) is 0.333. The summed E-state index contributed by atoms with van der Waals surface area (Å²) < 4.78 is 26.0. The van der Waals surface area contributed by atoms with E-state index in [1.807, 2.05) is 6.92 Å². The Hall–Kier alpha value is -1.52. The first kappa shape index (κ1) is 10.6. The van der Waals surface area contributed by atoms with E-state index in [-0.39, 0.29) is 0 Å². The Balaban J connectivity index is 3.18. The molecular weight excluding hydrogens is 192 g/mol. The van der Waals surface area contributed by atoms with Gasteiger partial charge in [0.05, 0.1) is 4.92 Å². The van der Waals surface area contributed by atoms with Gasteiger partial charge in [0, 0.05) is 0 Å². The molecule has 0 fully saturated rings. The Labute approximate surface area is 79.5 Å². The molecule has 0 amide bonds.